The molecule has 4 unspecified atom stereocenters. The molecule has 3 N–H and O–H groups in total. The highest BCUT2D eigenvalue weighted by Crippen LogP contribution is 2.33. The number of carbonyl (C=O) groups is 2. The van der Waals surface area contributed by atoms with Gasteiger partial charge in [-0.25, -0.2) is 0 Å². The molecule has 4 rings (SSSR count). The lowest BCUT2D eigenvalue weighted by Gasteiger charge is -2.24. The minimum Gasteiger partial charge on any atom is -0.348 e. The Balaban J connectivity index is 0.00000210. The normalized spacial score (nSPS) is 27.8. The fraction of sp³-hybridized carbons (Fsp3) is 0.619. The highest BCUT2D eigenvalue weighted by atomic mass is 35.5. The van der Waals surface area contributed by atoms with Gasteiger partial charge in [-0.2, -0.15) is 0 Å². The Kier molecular flexibility index (Phi) is 6.43. The van der Waals surface area contributed by atoms with E-state index in [2.05, 4.69) is 16.0 Å². The first kappa shape index (κ1) is 20.2. The van der Waals surface area contributed by atoms with Crippen LogP contribution < -0.4 is 16.0 Å². The van der Waals surface area contributed by atoms with Crippen LogP contribution in [0.25, 0.3) is 0 Å². The van der Waals surface area contributed by atoms with Crippen molar-refractivity contribution in [2.45, 2.75) is 70.0 Å². The van der Waals surface area contributed by atoms with Gasteiger partial charge in [-0.05, 0) is 62.6 Å². The third kappa shape index (κ3) is 4.82. The van der Waals surface area contributed by atoms with Crippen molar-refractivity contribution in [1.29, 1.82) is 0 Å². The molecule has 4 atom stereocenters. The van der Waals surface area contributed by atoms with Crippen LogP contribution >= 0.6 is 12.4 Å². The molecule has 3 fully saturated rings. The second kappa shape index (κ2) is 8.61. The van der Waals surface area contributed by atoms with Crippen LogP contribution in [0.5, 0.6) is 0 Å². The molecule has 2 saturated carbocycles. The van der Waals surface area contributed by atoms with Gasteiger partial charge >= 0.3 is 0 Å². The Morgan fingerprint density at radius 2 is 1.74 bits per heavy atom. The molecule has 1 saturated heterocycles. The summed E-state index contributed by atoms with van der Waals surface area (Å²) in [5.74, 6) is 1.10. The van der Waals surface area contributed by atoms with Crippen molar-refractivity contribution in [3.8, 4) is 0 Å². The molecular formula is C21H30ClN3O2. The second-order valence-electron chi connectivity index (χ2n) is 8.22. The number of fused-ring (bicyclic) bond motifs is 1. The molecular weight excluding hydrogens is 362 g/mol. The van der Waals surface area contributed by atoms with Gasteiger partial charge in [0.15, 0.2) is 0 Å². The molecule has 2 amide bonds. The Bertz CT molecular complexity index is 661. The Labute approximate surface area is 167 Å². The molecule has 0 bridgehead atoms. The van der Waals surface area contributed by atoms with Gasteiger partial charge in [0.2, 0.25) is 11.8 Å². The maximum atomic E-state index is 12.6. The third-order valence-corrected chi connectivity index (χ3v) is 6.16. The predicted molar refractivity (Wildman–Crippen MR) is 109 cm³/mol. The molecule has 3 aliphatic rings. The van der Waals surface area contributed by atoms with Gasteiger partial charge in [-0.3, -0.25) is 9.59 Å². The number of carbonyl (C=O) groups excluding carboxylic acids is 2. The zero-order chi connectivity index (χ0) is 18.1. The van der Waals surface area contributed by atoms with E-state index in [1.807, 2.05) is 31.2 Å². The molecule has 148 valence electrons. The van der Waals surface area contributed by atoms with E-state index in [-0.39, 0.29) is 42.2 Å². The van der Waals surface area contributed by atoms with Crippen LogP contribution in [0.3, 0.4) is 0 Å². The molecule has 2 aliphatic carbocycles. The molecule has 0 aromatic heterocycles. The van der Waals surface area contributed by atoms with Gasteiger partial charge in [0.25, 0.3) is 0 Å². The van der Waals surface area contributed by atoms with Gasteiger partial charge in [0.1, 0.15) is 0 Å². The maximum absolute atomic E-state index is 12.6. The summed E-state index contributed by atoms with van der Waals surface area (Å²) in [6.07, 6.45) is 8.02. The number of benzene rings is 1. The SMILES string of the molecule is CC(NC(=O)C1CC2CCCCC2N1)c1ccc(NC(=O)C2CC2)cc1.Cl. The van der Waals surface area contributed by atoms with Crippen LogP contribution in [-0.4, -0.2) is 23.9 Å². The maximum Gasteiger partial charge on any atom is 0.237 e. The monoisotopic (exact) mass is 391 g/mol. The first-order valence-corrected chi connectivity index (χ1v) is 10.1. The van der Waals surface area contributed by atoms with E-state index in [0.717, 1.165) is 30.5 Å². The summed E-state index contributed by atoms with van der Waals surface area (Å²) in [4.78, 5) is 24.5. The minimum absolute atomic E-state index is 0. The van der Waals surface area contributed by atoms with Gasteiger partial charge in [0.05, 0.1) is 12.1 Å². The quantitative estimate of drug-likeness (QED) is 0.718. The Morgan fingerprint density at radius 3 is 2.41 bits per heavy atom. The molecule has 6 heteroatoms. The topological polar surface area (TPSA) is 70.2 Å². The smallest absolute Gasteiger partial charge is 0.237 e. The van der Waals surface area contributed by atoms with Crippen molar-refractivity contribution >= 4 is 29.9 Å². The lowest BCUT2D eigenvalue weighted by atomic mass is 9.85. The largest absolute Gasteiger partial charge is 0.348 e. The number of amides is 2. The van der Waals surface area contributed by atoms with E-state index >= 15 is 0 Å². The van der Waals surface area contributed by atoms with Crippen LogP contribution in [0, 0.1) is 11.8 Å². The van der Waals surface area contributed by atoms with Gasteiger partial charge in [0, 0.05) is 17.6 Å². The number of halogens is 1. The molecule has 1 heterocycles. The molecule has 5 nitrogen and oxygen atoms in total. The Morgan fingerprint density at radius 1 is 1.04 bits per heavy atom. The van der Waals surface area contributed by atoms with Crippen molar-refractivity contribution in [2.75, 3.05) is 5.32 Å². The van der Waals surface area contributed by atoms with E-state index < -0.39 is 0 Å². The van der Waals surface area contributed by atoms with Crippen LogP contribution in [0.2, 0.25) is 0 Å². The standard InChI is InChI=1S/C21H29N3O2.ClH/c1-13(14-8-10-17(11-9-14)23-20(25)15-6-7-15)22-21(26)19-12-16-4-2-3-5-18(16)24-19;/h8-11,13,15-16,18-19,24H,2-7,12H2,1H3,(H,22,26)(H,23,25);1H. The van der Waals surface area contributed by atoms with Gasteiger partial charge in [-0.15, -0.1) is 12.4 Å². The first-order chi connectivity index (χ1) is 12.6. The number of anilines is 1. The van der Waals surface area contributed by atoms with Crippen LogP contribution in [0.1, 0.15) is 63.5 Å². The Hall–Kier alpha value is -1.59. The van der Waals surface area contributed by atoms with Crippen molar-refractivity contribution < 1.29 is 9.59 Å². The third-order valence-electron chi connectivity index (χ3n) is 6.16. The summed E-state index contributed by atoms with van der Waals surface area (Å²) in [6, 6.07) is 8.23. The molecule has 1 aromatic carbocycles. The van der Waals surface area contributed by atoms with E-state index in [1.54, 1.807) is 0 Å². The highest BCUT2D eigenvalue weighted by molar-refractivity contribution is 5.94. The van der Waals surface area contributed by atoms with Crippen LogP contribution in [0.4, 0.5) is 5.69 Å². The van der Waals surface area contributed by atoms with Crippen molar-refractivity contribution in [2.24, 2.45) is 11.8 Å². The highest BCUT2D eigenvalue weighted by Gasteiger charge is 2.38. The van der Waals surface area contributed by atoms with Crippen molar-refractivity contribution in [3.63, 3.8) is 0 Å². The molecule has 27 heavy (non-hydrogen) atoms. The fourth-order valence-electron chi connectivity index (χ4n) is 4.36. The fourth-order valence-corrected chi connectivity index (χ4v) is 4.36. The number of hydrogen-bond acceptors (Lipinski definition) is 3. The lowest BCUT2D eigenvalue weighted by Crippen LogP contribution is -2.43. The predicted octanol–water partition coefficient (Wildman–Crippen LogP) is 3.55. The van der Waals surface area contributed by atoms with E-state index in [4.69, 9.17) is 0 Å². The first-order valence-electron chi connectivity index (χ1n) is 10.1. The second-order valence-corrected chi connectivity index (χ2v) is 8.22. The van der Waals surface area contributed by atoms with Gasteiger partial charge in [-0.1, -0.05) is 25.0 Å². The summed E-state index contributed by atoms with van der Waals surface area (Å²) in [5.41, 5.74) is 1.88. The summed E-state index contributed by atoms with van der Waals surface area (Å²) in [5, 5.41) is 9.63. The van der Waals surface area contributed by atoms with E-state index in [1.165, 1.54) is 25.7 Å². The zero-order valence-electron chi connectivity index (χ0n) is 15.9. The van der Waals surface area contributed by atoms with Crippen LogP contribution in [-0.2, 0) is 9.59 Å². The molecule has 1 aliphatic heterocycles. The number of rotatable bonds is 5. The summed E-state index contributed by atoms with van der Waals surface area (Å²) in [6.45, 7) is 2.01. The van der Waals surface area contributed by atoms with E-state index in [9.17, 15) is 9.59 Å². The average Bonchev–Trinajstić information content (AvgIpc) is 3.41. The number of nitrogens with one attached hydrogen (secondary N) is 3. The molecule has 0 spiro atoms. The summed E-state index contributed by atoms with van der Waals surface area (Å²) in [7, 11) is 0. The molecule has 1 aromatic rings. The van der Waals surface area contributed by atoms with Crippen molar-refractivity contribution in [1.82, 2.24) is 10.6 Å². The summed E-state index contributed by atoms with van der Waals surface area (Å²) < 4.78 is 0. The lowest BCUT2D eigenvalue weighted by molar-refractivity contribution is -0.123. The van der Waals surface area contributed by atoms with Gasteiger partial charge < -0.3 is 16.0 Å². The average molecular weight is 392 g/mol. The molecule has 0 radical (unpaired) electrons. The minimum atomic E-state index is -0.0531. The van der Waals surface area contributed by atoms with Crippen LogP contribution in [0.15, 0.2) is 24.3 Å². The van der Waals surface area contributed by atoms with E-state index in [0.29, 0.717) is 12.0 Å². The van der Waals surface area contributed by atoms with Crippen molar-refractivity contribution in [3.05, 3.63) is 29.8 Å². The zero-order valence-corrected chi connectivity index (χ0v) is 16.7. The summed E-state index contributed by atoms with van der Waals surface area (Å²) >= 11 is 0. The number of hydrogen-bond donors (Lipinski definition) is 3.